The van der Waals surface area contributed by atoms with Crippen molar-refractivity contribution in [2.45, 2.75) is 32.8 Å². The molecule has 1 fully saturated rings. The molecule has 0 aliphatic heterocycles. The maximum atomic E-state index is 14.7. The van der Waals surface area contributed by atoms with Crippen LogP contribution in [0.15, 0.2) is 67.0 Å². The number of hydrogen-bond acceptors (Lipinski definition) is 5. The zero-order chi connectivity index (χ0) is 26.1. The van der Waals surface area contributed by atoms with Crippen LogP contribution >= 0.6 is 0 Å². The maximum Gasteiger partial charge on any atom is 0.307 e. The summed E-state index contributed by atoms with van der Waals surface area (Å²) >= 11 is 0. The predicted molar refractivity (Wildman–Crippen MR) is 138 cm³/mol. The minimum atomic E-state index is -0.791. The summed E-state index contributed by atoms with van der Waals surface area (Å²) in [6.07, 6.45) is 3.90. The van der Waals surface area contributed by atoms with Crippen LogP contribution in [-0.4, -0.2) is 28.2 Å². The van der Waals surface area contributed by atoms with E-state index in [4.69, 9.17) is 14.6 Å². The smallest absolute Gasteiger partial charge is 0.307 e. The van der Waals surface area contributed by atoms with E-state index in [-0.39, 0.29) is 24.3 Å². The lowest BCUT2D eigenvalue weighted by Gasteiger charge is -2.15. The number of aliphatic carboxylic acids is 1. The summed E-state index contributed by atoms with van der Waals surface area (Å²) < 4.78 is 25.7. The van der Waals surface area contributed by atoms with Crippen molar-refractivity contribution in [3.8, 4) is 33.9 Å². The van der Waals surface area contributed by atoms with Gasteiger partial charge in [-0.2, -0.15) is 0 Å². The molecular formula is C30H27FN2O4. The number of halogens is 1. The highest BCUT2D eigenvalue weighted by Crippen LogP contribution is 2.46. The Kier molecular flexibility index (Phi) is 6.61. The average molecular weight is 499 g/mol. The molecule has 0 bridgehead atoms. The molecule has 188 valence electrons. The monoisotopic (exact) mass is 498 g/mol. The Labute approximate surface area is 214 Å². The van der Waals surface area contributed by atoms with Crippen LogP contribution in [0.4, 0.5) is 4.39 Å². The Morgan fingerprint density at radius 3 is 2.43 bits per heavy atom. The van der Waals surface area contributed by atoms with Gasteiger partial charge < -0.3 is 14.6 Å². The quantitative estimate of drug-likeness (QED) is 0.305. The van der Waals surface area contributed by atoms with E-state index in [1.165, 1.54) is 6.07 Å². The van der Waals surface area contributed by atoms with Gasteiger partial charge in [0.25, 0.3) is 0 Å². The summed E-state index contributed by atoms with van der Waals surface area (Å²) in [7, 11) is 1.59. The fraction of sp³-hybridized carbons (Fsp3) is 0.233. The molecule has 0 saturated heterocycles. The molecule has 2 atom stereocenters. The van der Waals surface area contributed by atoms with E-state index < -0.39 is 5.97 Å². The number of pyridine rings is 2. The van der Waals surface area contributed by atoms with Gasteiger partial charge in [-0.25, -0.2) is 9.37 Å². The van der Waals surface area contributed by atoms with Gasteiger partial charge in [0.2, 0.25) is 5.88 Å². The fourth-order valence-corrected chi connectivity index (χ4v) is 4.78. The summed E-state index contributed by atoms with van der Waals surface area (Å²) in [6.45, 7) is 4.15. The highest BCUT2D eigenvalue weighted by molar-refractivity contribution is 5.77. The number of rotatable bonds is 8. The maximum absolute atomic E-state index is 14.7. The van der Waals surface area contributed by atoms with Crippen LogP contribution in [0.5, 0.6) is 11.6 Å². The van der Waals surface area contributed by atoms with Gasteiger partial charge in [0, 0.05) is 29.4 Å². The van der Waals surface area contributed by atoms with E-state index in [2.05, 4.69) is 22.1 Å². The molecule has 1 aliphatic rings. The first-order valence-corrected chi connectivity index (χ1v) is 12.1. The highest BCUT2D eigenvalue weighted by atomic mass is 19.1. The lowest BCUT2D eigenvalue weighted by Crippen LogP contribution is -2.02. The predicted octanol–water partition coefficient (Wildman–Crippen LogP) is 6.34. The third kappa shape index (κ3) is 5.16. The van der Waals surface area contributed by atoms with Gasteiger partial charge in [-0.15, -0.1) is 0 Å². The molecule has 5 rings (SSSR count). The van der Waals surface area contributed by atoms with Crippen molar-refractivity contribution < 1.29 is 23.8 Å². The summed E-state index contributed by atoms with van der Waals surface area (Å²) in [4.78, 5) is 19.6. The van der Waals surface area contributed by atoms with Crippen molar-refractivity contribution in [3.05, 3.63) is 95.2 Å². The number of aromatic nitrogens is 2. The summed E-state index contributed by atoms with van der Waals surface area (Å²) in [5.74, 6) is -0.470. The lowest BCUT2D eigenvalue weighted by atomic mass is 9.91. The van der Waals surface area contributed by atoms with E-state index in [9.17, 15) is 9.18 Å². The van der Waals surface area contributed by atoms with E-state index in [0.29, 0.717) is 23.6 Å². The molecule has 0 radical (unpaired) electrons. The number of nitrogens with zero attached hydrogens (tertiary/aromatic N) is 2. The Balaban J connectivity index is 1.34. The van der Waals surface area contributed by atoms with E-state index in [1.54, 1.807) is 37.7 Å². The van der Waals surface area contributed by atoms with Gasteiger partial charge in [-0.05, 0) is 84.0 Å². The fourth-order valence-electron chi connectivity index (χ4n) is 4.78. The first kappa shape index (κ1) is 24.4. The second kappa shape index (κ2) is 10.0. The van der Waals surface area contributed by atoms with Crippen molar-refractivity contribution in [2.75, 3.05) is 7.11 Å². The molecule has 2 aromatic carbocycles. The zero-order valence-corrected chi connectivity index (χ0v) is 20.9. The minimum absolute atomic E-state index is 0.0425. The molecule has 1 saturated carbocycles. The average Bonchev–Trinajstić information content (AvgIpc) is 3.70. The number of benzene rings is 2. The SMILES string of the molecule is COc1cc(-c2cc(C)c(-c3ccc(F)c(COc4ccc([C@@H]5C[C@H]5C(=O)O)nc4)c3)c(C)c2)ccn1. The molecule has 2 aromatic heterocycles. The van der Waals surface area contributed by atoms with Crippen LogP contribution in [0.3, 0.4) is 0 Å². The number of aryl methyl sites for hydroxylation is 2. The molecule has 0 unspecified atom stereocenters. The highest BCUT2D eigenvalue weighted by Gasteiger charge is 2.45. The van der Waals surface area contributed by atoms with Crippen LogP contribution in [0.25, 0.3) is 22.3 Å². The Hall–Kier alpha value is -4.26. The molecule has 7 heteroatoms. The second-order valence-corrected chi connectivity index (χ2v) is 9.37. The van der Waals surface area contributed by atoms with Gasteiger partial charge in [0.1, 0.15) is 18.2 Å². The van der Waals surface area contributed by atoms with Crippen LogP contribution < -0.4 is 9.47 Å². The van der Waals surface area contributed by atoms with Crippen molar-refractivity contribution in [2.24, 2.45) is 5.92 Å². The van der Waals surface area contributed by atoms with Crippen LogP contribution in [-0.2, 0) is 11.4 Å². The van der Waals surface area contributed by atoms with Crippen LogP contribution in [0.2, 0.25) is 0 Å². The van der Waals surface area contributed by atoms with E-state index >= 15 is 0 Å². The normalized spacial score (nSPS) is 16.3. The number of carboxylic acids is 1. The number of carbonyl (C=O) groups is 1. The van der Waals surface area contributed by atoms with Gasteiger partial charge >= 0.3 is 5.97 Å². The van der Waals surface area contributed by atoms with Crippen LogP contribution in [0, 0.1) is 25.6 Å². The van der Waals surface area contributed by atoms with Gasteiger partial charge in [0.05, 0.1) is 19.2 Å². The third-order valence-corrected chi connectivity index (χ3v) is 6.79. The van der Waals surface area contributed by atoms with E-state index in [0.717, 1.165) is 39.1 Å². The van der Waals surface area contributed by atoms with Crippen molar-refractivity contribution in [1.29, 1.82) is 0 Å². The molecule has 1 N–H and O–H groups in total. The molecule has 37 heavy (non-hydrogen) atoms. The number of ether oxygens (including phenoxy) is 2. The third-order valence-electron chi connectivity index (χ3n) is 6.79. The first-order valence-electron chi connectivity index (χ1n) is 12.1. The van der Waals surface area contributed by atoms with Crippen molar-refractivity contribution in [3.63, 3.8) is 0 Å². The summed E-state index contributed by atoms with van der Waals surface area (Å²) in [6, 6.07) is 16.7. The number of carboxylic acid groups (broad SMARTS) is 1. The van der Waals surface area contributed by atoms with Crippen LogP contribution in [0.1, 0.15) is 34.7 Å². The number of methoxy groups -OCH3 is 1. The molecule has 6 nitrogen and oxygen atoms in total. The van der Waals surface area contributed by atoms with Crippen molar-refractivity contribution in [1.82, 2.24) is 9.97 Å². The Morgan fingerprint density at radius 1 is 1.00 bits per heavy atom. The topological polar surface area (TPSA) is 81.5 Å². The molecule has 0 amide bonds. The summed E-state index contributed by atoms with van der Waals surface area (Å²) in [5.41, 5.74) is 7.36. The Bertz CT molecular complexity index is 1450. The first-order chi connectivity index (χ1) is 17.8. The summed E-state index contributed by atoms with van der Waals surface area (Å²) in [5, 5.41) is 9.11. The molecule has 4 aromatic rings. The van der Waals surface area contributed by atoms with E-state index in [1.807, 2.05) is 32.0 Å². The molecular weight excluding hydrogens is 471 g/mol. The van der Waals surface area contributed by atoms with Crippen molar-refractivity contribution >= 4 is 5.97 Å². The molecule has 1 aliphatic carbocycles. The number of hydrogen-bond donors (Lipinski definition) is 1. The van der Waals surface area contributed by atoms with Gasteiger partial charge in [-0.3, -0.25) is 9.78 Å². The second-order valence-electron chi connectivity index (χ2n) is 9.37. The molecule has 0 spiro atoms. The largest absolute Gasteiger partial charge is 0.487 e. The standard InChI is InChI=1S/C30H27FN2O4/c1-17-10-21(19-8-9-32-28(13-19)36-3)11-18(2)29(17)20-4-6-26(31)22(12-20)16-37-23-5-7-27(33-15-23)24-14-25(24)30(34)35/h4-13,15,24-25H,14,16H2,1-3H3,(H,34,35)/t24-,25-/m1/s1. The van der Waals surface area contributed by atoms with Gasteiger partial charge in [-0.1, -0.05) is 18.2 Å². The van der Waals surface area contributed by atoms with Gasteiger partial charge in [0.15, 0.2) is 0 Å². The lowest BCUT2D eigenvalue weighted by molar-refractivity contribution is -0.138. The zero-order valence-electron chi connectivity index (χ0n) is 20.9. The molecule has 2 heterocycles. The minimum Gasteiger partial charge on any atom is -0.487 e. The Morgan fingerprint density at radius 2 is 1.78 bits per heavy atom.